The van der Waals surface area contributed by atoms with Gasteiger partial charge < -0.3 is 14.2 Å². The van der Waals surface area contributed by atoms with E-state index in [1.54, 1.807) is 25.3 Å². The molecule has 0 aliphatic carbocycles. The van der Waals surface area contributed by atoms with Crippen molar-refractivity contribution in [2.45, 2.75) is 6.42 Å². The second-order valence-electron chi connectivity index (χ2n) is 4.11. The van der Waals surface area contributed by atoms with Gasteiger partial charge in [-0.2, -0.15) is 0 Å². The highest BCUT2D eigenvalue weighted by Gasteiger charge is 2.23. The molecule has 0 radical (unpaired) electrons. The summed E-state index contributed by atoms with van der Waals surface area (Å²) in [5.74, 6) is 1.46. The highest BCUT2D eigenvalue weighted by atomic mass is 79.9. The number of benzene rings is 1. The summed E-state index contributed by atoms with van der Waals surface area (Å²) in [6.45, 7) is 1.27. The van der Waals surface area contributed by atoms with Crippen LogP contribution in [0.1, 0.15) is 6.42 Å². The van der Waals surface area contributed by atoms with Crippen LogP contribution in [-0.2, 0) is 9.53 Å². The number of methoxy groups -OCH3 is 1. The molecule has 1 atom stereocenters. The van der Waals surface area contributed by atoms with Crippen molar-refractivity contribution >= 4 is 21.7 Å². The first-order valence-corrected chi connectivity index (χ1v) is 6.57. The van der Waals surface area contributed by atoms with Crippen LogP contribution in [0.15, 0.2) is 22.7 Å². The lowest BCUT2D eigenvalue weighted by Gasteiger charge is -2.11. The summed E-state index contributed by atoms with van der Waals surface area (Å²) in [6, 6.07) is 5.38. The van der Waals surface area contributed by atoms with Crippen molar-refractivity contribution in [1.29, 1.82) is 0 Å². The minimum absolute atomic E-state index is 0.0120. The number of carbonyl (C=O) groups excluding carboxylic acids is 1. The van der Waals surface area contributed by atoms with Gasteiger partial charge in [0, 0.05) is 12.5 Å². The molecule has 98 valence electrons. The third kappa shape index (κ3) is 3.23. The third-order valence-corrected chi connectivity index (χ3v) is 3.51. The number of rotatable bonds is 5. The van der Waals surface area contributed by atoms with Crippen LogP contribution >= 0.6 is 15.9 Å². The van der Waals surface area contributed by atoms with E-state index in [1.807, 2.05) is 0 Å². The molecule has 1 heterocycles. The molecular formula is C13H15BrO4. The molecule has 1 aliphatic rings. The van der Waals surface area contributed by atoms with Crippen LogP contribution in [-0.4, -0.2) is 32.7 Å². The molecule has 1 aromatic rings. The average molecular weight is 315 g/mol. The van der Waals surface area contributed by atoms with Crippen molar-refractivity contribution in [2.24, 2.45) is 5.92 Å². The maximum Gasteiger partial charge on any atom is 0.175 e. The third-order valence-electron chi connectivity index (χ3n) is 2.89. The van der Waals surface area contributed by atoms with Gasteiger partial charge in [0.25, 0.3) is 0 Å². The van der Waals surface area contributed by atoms with Crippen molar-refractivity contribution < 1.29 is 19.0 Å². The summed E-state index contributed by atoms with van der Waals surface area (Å²) < 4.78 is 16.5. The summed E-state index contributed by atoms with van der Waals surface area (Å²) in [7, 11) is 1.60. The van der Waals surface area contributed by atoms with Gasteiger partial charge in [-0.15, -0.1) is 0 Å². The zero-order valence-corrected chi connectivity index (χ0v) is 11.7. The van der Waals surface area contributed by atoms with Crippen LogP contribution in [0.5, 0.6) is 11.5 Å². The van der Waals surface area contributed by atoms with E-state index in [0.717, 1.165) is 16.6 Å². The lowest BCUT2D eigenvalue weighted by molar-refractivity contribution is -0.124. The second-order valence-corrected chi connectivity index (χ2v) is 4.97. The van der Waals surface area contributed by atoms with Crippen molar-refractivity contribution in [2.75, 3.05) is 26.9 Å². The summed E-state index contributed by atoms with van der Waals surface area (Å²) in [4.78, 5) is 11.8. The number of Topliss-reactive ketones (excluding diaryl/α,β-unsaturated/α-hetero) is 1. The van der Waals surface area contributed by atoms with Crippen molar-refractivity contribution in [3.05, 3.63) is 22.7 Å². The van der Waals surface area contributed by atoms with E-state index in [-0.39, 0.29) is 18.3 Å². The predicted molar refractivity (Wildman–Crippen MR) is 70.1 cm³/mol. The molecule has 2 rings (SSSR count). The topological polar surface area (TPSA) is 44.8 Å². The molecular weight excluding hydrogens is 300 g/mol. The normalized spacial score (nSPS) is 18.7. The number of halogens is 1. The van der Waals surface area contributed by atoms with Crippen LogP contribution in [0.2, 0.25) is 0 Å². The Morgan fingerprint density at radius 3 is 3.00 bits per heavy atom. The second kappa shape index (κ2) is 6.20. The quantitative estimate of drug-likeness (QED) is 0.837. The van der Waals surface area contributed by atoms with E-state index < -0.39 is 0 Å². The van der Waals surface area contributed by atoms with Gasteiger partial charge in [-0.25, -0.2) is 0 Å². The Morgan fingerprint density at radius 1 is 1.56 bits per heavy atom. The molecule has 18 heavy (non-hydrogen) atoms. The Morgan fingerprint density at radius 2 is 2.39 bits per heavy atom. The molecule has 0 N–H and O–H groups in total. The monoisotopic (exact) mass is 314 g/mol. The molecule has 1 fully saturated rings. The van der Waals surface area contributed by atoms with Gasteiger partial charge in [0.05, 0.1) is 18.2 Å². The molecule has 1 saturated heterocycles. The Balaban J connectivity index is 1.91. The van der Waals surface area contributed by atoms with E-state index >= 15 is 0 Å². The summed E-state index contributed by atoms with van der Waals surface area (Å²) in [5.41, 5.74) is 0. The lowest BCUT2D eigenvalue weighted by atomic mass is 10.0. The molecule has 0 aromatic heterocycles. The Kier molecular flexibility index (Phi) is 4.60. The average Bonchev–Trinajstić information content (AvgIpc) is 2.90. The predicted octanol–water partition coefficient (Wildman–Crippen LogP) is 2.44. The van der Waals surface area contributed by atoms with Gasteiger partial charge in [-0.3, -0.25) is 4.79 Å². The van der Waals surface area contributed by atoms with Gasteiger partial charge >= 0.3 is 0 Å². The van der Waals surface area contributed by atoms with Crippen molar-refractivity contribution in [3.8, 4) is 11.5 Å². The molecule has 0 bridgehead atoms. The standard InChI is InChI=1S/C13H15BrO4/c1-16-10-2-3-13(11(14)6-10)18-8-12(15)9-4-5-17-7-9/h2-3,6,9H,4-5,7-8H2,1H3. The van der Waals surface area contributed by atoms with Crippen LogP contribution in [0.25, 0.3) is 0 Å². The number of hydrogen-bond acceptors (Lipinski definition) is 4. The summed E-state index contributed by atoms with van der Waals surface area (Å²) in [6.07, 6.45) is 0.798. The van der Waals surface area contributed by atoms with Crippen LogP contribution < -0.4 is 9.47 Å². The van der Waals surface area contributed by atoms with Gasteiger partial charge in [0.2, 0.25) is 0 Å². The van der Waals surface area contributed by atoms with Gasteiger partial charge in [-0.1, -0.05) is 0 Å². The zero-order valence-electron chi connectivity index (χ0n) is 10.1. The molecule has 4 nitrogen and oxygen atoms in total. The number of carbonyl (C=O) groups is 1. The molecule has 1 aliphatic heterocycles. The van der Waals surface area contributed by atoms with E-state index in [4.69, 9.17) is 14.2 Å². The lowest BCUT2D eigenvalue weighted by Crippen LogP contribution is -2.21. The van der Waals surface area contributed by atoms with Crippen LogP contribution in [0.4, 0.5) is 0 Å². The minimum Gasteiger partial charge on any atom is -0.497 e. The van der Waals surface area contributed by atoms with E-state index in [1.165, 1.54) is 0 Å². The van der Waals surface area contributed by atoms with Gasteiger partial charge in [0.15, 0.2) is 5.78 Å². The fourth-order valence-corrected chi connectivity index (χ4v) is 2.25. The first kappa shape index (κ1) is 13.4. The minimum atomic E-state index is -0.0120. The Hall–Kier alpha value is -1.07. The largest absolute Gasteiger partial charge is 0.497 e. The molecule has 1 unspecified atom stereocenters. The van der Waals surface area contributed by atoms with Crippen LogP contribution in [0.3, 0.4) is 0 Å². The van der Waals surface area contributed by atoms with Gasteiger partial charge in [0.1, 0.15) is 18.1 Å². The summed E-state index contributed by atoms with van der Waals surface area (Å²) in [5, 5.41) is 0. The number of hydrogen-bond donors (Lipinski definition) is 0. The van der Waals surface area contributed by atoms with E-state index in [9.17, 15) is 4.79 Å². The molecule has 5 heteroatoms. The molecule has 0 spiro atoms. The highest BCUT2D eigenvalue weighted by molar-refractivity contribution is 9.10. The Bertz CT molecular complexity index is 427. The van der Waals surface area contributed by atoms with Gasteiger partial charge in [-0.05, 0) is 40.5 Å². The molecule has 1 aromatic carbocycles. The van der Waals surface area contributed by atoms with E-state index in [0.29, 0.717) is 19.0 Å². The Labute approximate surface area is 114 Å². The fourth-order valence-electron chi connectivity index (χ4n) is 1.78. The highest BCUT2D eigenvalue weighted by Crippen LogP contribution is 2.29. The maximum absolute atomic E-state index is 11.8. The van der Waals surface area contributed by atoms with E-state index in [2.05, 4.69) is 15.9 Å². The van der Waals surface area contributed by atoms with Crippen molar-refractivity contribution in [3.63, 3.8) is 0 Å². The smallest absolute Gasteiger partial charge is 0.175 e. The first-order chi connectivity index (χ1) is 8.70. The molecule has 0 amide bonds. The summed E-state index contributed by atoms with van der Waals surface area (Å²) >= 11 is 3.38. The van der Waals surface area contributed by atoms with Crippen LogP contribution in [0, 0.1) is 5.92 Å². The SMILES string of the molecule is COc1ccc(OCC(=O)C2CCOC2)c(Br)c1. The maximum atomic E-state index is 11.8. The number of ketones is 1. The molecule has 0 saturated carbocycles. The fraction of sp³-hybridized carbons (Fsp3) is 0.462. The number of ether oxygens (including phenoxy) is 3. The first-order valence-electron chi connectivity index (χ1n) is 5.77. The van der Waals surface area contributed by atoms with Crippen molar-refractivity contribution in [1.82, 2.24) is 0 Å². The zero-order chi connectivity index (χ0) is 13.0.